The van der Waals surface area contributed by atoms with Crippen molar-refractivity contribution in [2.75, 3.05) is 39.6 Å². The molecule has 0 amide bonds. The van der Waals surface area contributed by atoms with Gasteiger partial charge in [-0.25, -0.2) is 9.59 Å². The Kier molecular flexibility index (Phi) is 8.89. The lowest BCUT2D eigenvalue weighted by Crippen LogP contribution is -2.47. The molecule has 1 rings (SSSR count). The number of nitrogens with two attached hydrogens (primary N) is 1. The number of nitrogens with zero attached hydrogens (tertiary/aromatic N) is 1. The smallest absolute Gasteiger partial charge is 0.377 e. The third-order valence-electron chi connectivity index (χ3n) is 3.18. The zero-order valence-electron chi connectivity index (χ0n) is 14.4. The Morgan fingerprint density at radius 1 is 1.32 bits per heavy atom. The van der Waals surface area contributed by atoms with Crippen molar-refractivity contribution in [2.45, 2.75) is 25.9 Å². The van der Waals surface area contributed by atoms with Crippen molar-refractivity contribution >= 4 is 17.8 Å². The predicted molar refractivity (Wildman–Crippen MR) is 85.3 cm³/mol. The lowest BCUT2D eigenvalue weighted by atomic mass is 10.0. The van der Waals surface area contributed by atoms with Gasteiger partial charge in [-0.05, 0) is 13.8 Å². The lowest BCUT2D eigenvalue weighted by molar-refractivity contribution is -0.144. The van der Waals surface area contributed by atoms with Crippen LogP contribution in [-0.2, 0) is 33.4 Å². The fourth-order valence-electron chi connectivity index (χ4n) is 1.97. The maximum atomic E-state index is 11.8. The van der Waals surface area contributed by atoms with Crippen LogP contribution in [0.5, 0.6) is 0 Å². The van der Waals surface area contributed by atoms with Crippen molar-refractivity contribution in [3.05, 3.63) is 11.8 Å². The molecule has 1 heterocycles. The minimum absolute atomic E-state index is 0.0307. The van der Waals surface area contributed by atoms with Crippen LogP contribution in [-0.4, -0.2) is 68.1 Å². The molecule has 1 atom stereocenters. The average Bonchev–Trinajstić information content (AvgIpc) is 3.07. The second-order valence-corrected chi connectivity index (χ2v) is 4.92. The van der Waals surface area contributed by atoms with Crippen LogP contribution >= 0.6 is 0 Å². The molecule has 0 spiro atoms. The average molecular weight is 360 g/mol. The number of rotatable bonds is 10. The number of esters is 2. The van der Waals surface area contributed by atoms with Gasteiger partial charge in [0.05, 0.1) is 45.7 Å². The molecule has 1 aliphatic rings. The fraction of sp³-hybridized carbons (Fsp3) is 0.667. The van der Waals surface area contributed by atoms with Crippen LogP contribution in [0, 0.1) is 0 Å². The van der Waals surface area contributed by atoms with E-state index in [1.54, 1.807) is 13.8 Å². The van der Waals surface area contributed by atoms with Crippen LogP contribution in [0.1, 0.15) is 20.3 Å². The summed E-state index contributed by atoms with van der Waals surface area (Å²) in [4.78, 5) is 28.4. The van der Waals surface area contributed by atoms with Gasteiger partial charge in [0, 0.05) is 6.42 Å². The molecule has 0 aliphatic carbocycles. The number of amidine groups is 1. The van der Waals surface area contributed by atoms with Gasteiger partial charge in [0.1, 0.15) is 0 Å². The van der Waals surface area contributed by atoms with Crippen molar-refractivity contribution < 1.29 is 38.5 Å². The van der Waals surface area contributed by atoms with Gasteiger partial charge in [0.25, 0.3) is 0 Å². The van der Waals surface area contributed by atoms with Crippen molar-refractivity contribution in [2.24, 2.45) is 10.9 Å². The Labute approximate surface area is 145 Å². The Hall–Kier alpha value is -2.17. The summed E-state index contributed by atoms with van der Waals surface area (Å²) in [5.41, 5.74) is 4.85. The summed E-state index contributed by atoms with van der Waals surface area (Å²) >= 11 is 0. The highest BCUT2D eigenvalue weighted by molar-refractivity contribution is 5.95. The first kappa shape index (κ1) is 20.9. The molecule has 0 aromatic rings. The lowest BCUT2D eigenvalue weighted by Gasteiger charge is -2.26. The van der Waals surface area contributed by atoms with Gasteiger partial charge >= 0.3 is 11.9 Å². The summed E-state index contributed by atoms with van der Waals surface area (Å²) in [6.45, 7) is 3.79. The number of aliphatic hydroxyl groups is 1. The maximum absolute atomic E-state index is 11.8. The summed E-state index contributed by atoms with van der Waals surface area (Å²) in [6.07, 6.45) is 1.23. The molecule has 3 N–H and O–H groups in total. The van der Waals surface area contributed by atoms with Crippen LogP contribution in [0.4, 0.5) is 0 Å². The molecule has 25 heavy (non-hydrogen) atoms. The number of hydrogen-bond acceptors (Lipinski definition) is 9. The molecule has 1 aliphatic heterocycles. The van der Waals surface area contributed by atoms with E-state index in [1.807, 2.05) is 0 Å². The SMILES string of the molecule is CCOC(=O)/C=C(/ON=C(N)C1(OCCO)CCOC1)C(=O)OCC. The van der Waals surface area contributed by atoms with Gasteiger partial charge in [-0.2, -0.15) is 0 Å². The third-order valence-corrected chi connectivity index (χ3v) is 3.18. The molecule has 0 radical (unpaired) electrons. The standard InChI is InChI=1S/C15H24N2O8/c1-3-22-12(19)9-11(13(20)23-4-2)25-17-14(16)15(24-8-6-18)5-7-21-10-15/h9,18H,3-8,10H2,1-2H3,(H2,16,17)/b11-9+. The topological polar surface area (TPSA) is 139 Å². The van der Waals surface area contributed by atoms with E-state index in [-0.39, 0.29) is 38.9 Å². The molecule has 0 aromatic heterocycles. The fourth-order valence-corrected chi connectivity index (χ4v) is 1.97. The van der Waals surface area contributed by atoms with Gasteiger partial charge in [-0.15, -0.1) is 0 Å². The van der Waals surface area contributed by atoms with E-state index in [1.165, 1.54) is 0 Å². The van der Waals surface area contributed by atoms with Crippen LogP contribution in [0.25, 0.3) is 0 Å². The van der Waals surface area contributed by atoms with E-state index in [4.69, 9.17) is 34.6 Å². The van der Waals surface area contributed by atoms with Gasteiger partial charge < -0.3 is 34.6 Å². The summed E-state index contributed by atoms with van der Waals surface area (Å²) in [5, 5.41) is 12.6. The van der Waals surface area contributed by atoms with Crippen LogP contribution in [0.3, 0.4) is 0 Å². The number of carbonyl (C=O) groups is 2. The number of aliphatic hydroxyl groups excluding tert-OH is 1. The molecular formula is C15H24N2O8. The van der Waals surface area contributed by atoms with Crippen LogP contribution in [0.15, 0.2) is 17.0 Å². The first-order valence-electron chi connectivity index (χ1n) is 7.88. The normalized spacial score (nSPS) is 21.1. The monoisotopic (exact) mass is 360 g/mol. The number of carbonyl (C=O) groups excluding carboxylic acids is 2. The second-order valence-electron chi connectivity index (χ2n) is 4.92. The summed E-state index contributed by atoms with van der Waals surface area (Å²) in [7, 11) is 0. The zero-order chi connectivity index (χ0) is 18.7. The Bertz CT molecular complexity index is 512. The molecule has 10 heteroatoms. The Morgan fingerprint density at radius 3 is 2.60 bits per heavy atom. The molecule has 1 saturated heterocycles. The van der Waals surface area contributed by atoms with E-state index >= 15 is 0 Å². The predicted octanol–water partition coefficient (Wildman–Crippen LogP) is -0.547. The first-order chi connectivity index (χ1) is 12.0. The van der Waals surface area contributed by atoms with Gasteiger partial charge in [0.2, 0.25) is 5.76 Å². The minimum Gasteiger partial charge on any atom is -0.463 e. The maximum Gasteiger partial charge on any atom is 0.377 e. The van der Waals surface area contributed by atoms with Crippen molar-refractivity contribution in [1.29, 1.82) is 0 Å². The van der Waals surface area contributed by atoms with E-state index in [9.17, 15) is 9.59 Å². The molecule has 0 saturated carbocycles. The summed E-state index contributed by atoms with van der Waals surface area (Å²) < 4.78 is 20.3. The molecular weight excluding hydrogens is 336 g/mol. The molecule has 0 aromatic carbocycles. The van der Waals surface area contributed by atoms with E-state index < -0.39 is 23.3 Å². The zero-order valence-corrected chi connectivity index (χ0v) is 14.4. The third kappa shape index (κ3) is 6.33. The summed E-state index contributed by atoms with van der Waals surface area (Å²) in [6, 6.07) is 0. The molecule has 142 valence electrons. The van der Waals surface area contributed by atoms with E-state index in [0.29, 0.717) is 13.0 Å². The van der Waals surface area contributed by atoms with Crippen molar-refractivity contribution in [3.8, 4) is 0 Å². The van der Waals surface area contributed by atoms with E-state index in [2.05, 4.69) is 5.16 Å². The van der Waals surface area contributed by atoms with Crippen LogP contribution < -0.4 is 5.73 Å². The quantitative estimate of drug-likeness (QED) is 0.131. The highest BCUT2D eigenvalue weighted by atomic mass is 16.7. The van der Waals surface area contributed by atoms with Gasteiger partial charge in [-0.3, -0.25) is 0 Å². The minimum atomic E-state index is -1.06. The number of oxime groups is 1. The van der Waals surface area contributed by atoms with Crippen molar-refractivity contribution in [3.63, 3.8) is 0 Å². The molecule has 10 nitrogen and oxygen atoms in total. The van der Waals surface area contributed by atoms with Gasteiger partial charge in [0.15, 0.2) is 11.4 Å². The van der Waals surface area contributed by atoms with Crippen LogP contribution in [0.2, 0.25) is 0 Å². The Balaban J connectivity index is 2.92. The number of ether oxygens (including phenoxy) is 4. The second kappa shape index (κ2) is 10.6. The first-order valence-corrected chi connectivity index (χ1v) is 7.88. The Morgan fingerprint density at radius 2 is 2.04 bits per heavy atom. The largest absolute Gasteiger partial charge is 0.463 e. The molecule has 1 unspecified atom stereocenters. The van der Waals surface area contributed by atoms with E-state index in [0.717, 1.165) is 6.08 Å². The van der Waals surface area contributed by atoms with Crippen molar-refractivity contribution in [1.82, 2.24) is 0 Å². The highest BCUT2D eigenvalue weighted by Crippen LogP contribution is 2.24. The van der Waals surface area contributed by atoms with Gasteiger partial charge in [-0.1, -0.05) is 5.16 Å². The summed E-state index contributed by atoms with van der Waals surface area (Å²) in [5.74, 6) is -2.23. The molecule has 1 fully saturated rings. The molecule has 0 bridgehead atoms. The number of hydrogen-bond donors (Lipinski definition) is 2. The highest BCUT2D eigenvalue weighted by Gasteiger charge is 2.41.